The standard InChI is InChI=1S/C30H54O3Si/c1-9-11-22(2)21-32-28-13-10-12-24-15-14-23(3)27(29(24)28)17-16-25-20-26(18-19-31-25)33-34(7,8)30(4,5)6/h12,14-15,22-23,25-29H,9-11,13,16-21H2,1-8H3/t22-,23+,25+,26+,27-,28-,29-/m0/s1. The summed E-state index contributed by atoms with van der Waals surface area (Å²) in [6.45, 7) is 20.6. The Morgan fingerprint density at radius 2 is 1.94 bits per heavy atom. The van der Waals surface area contributed by atoms with Crippen LogP contribution in [0.25, 0.3) is 0 Å². The summed E-state index contributed by atoms with van der Waals surface area (Å²) in [4.78, 5) is 0. The van der Waals surface area contributed by atoms with Crippen LogP contribution in [0.15, 0.2) is 23.8 Å². The normalized spacial score (nSPS) is 33.4. The molecule has 0 aromatic rings. The molecule has 1 fully saturated rings. The van der Waals surface area contributed by atoms with Crippen LogP contribution in [0.5, 0.6) is 0 Å². The summed E-state index contributed by atoms with van der Waals surface area (Å²) in [5.41, 5.74) is 1.53. The number of fused-ring (bicyclic) bond motifs is 1. The Labute approximate surface area is 212 Å². The summed E-state index contributed by atoms with van der Waals surface area (Å²) < 4.78 is 19.7. The second-order valence-electron chi connectivity index (χ2n) is 13.0. The van der Waals surface area contributed by atoms with Crippen LogP contribution in [0.1, 0.15) is 92.9 Å². The highest BCUT2D eigenvalue weighted by molar-refractivity contribution is 6.74. The van der Waals surface area contributed by atoms with E-state index in [9.17, 15) is 0 Å². The van der Waals surface area contributed by atoms with Gasteiger partial charge in [-0.05, 0) is 86.4 Å². The molecule has 7 atom stereocenters. The molecule has 0 N–H and O–H groups in total. The minimum atomic E-state index is -1.73. The van der Waals surface area contributed by atoms with Crippen LogP contribution in [0.4, 0.5) is 0 Å². The van der Waals surface area contributed by atoms with E-state index in [0.717, 1.165) is 38.9 Å². The first-order chi connectivity index (χ1) is 16.0. The van der Waals surface area contributed by atoms with Gasteiger partial charge < -0.3 is 13.9 Å². The van der Waals surface area contributed by atoms with Gasteiger partial charge in [0.1, 0.15) is 0 Å². The van der Waals surface area contributed by atoms with Crippen molar-refractivity contribution in [2.45, 2.75) is 129 Å². The van der Waals surface area contributed by atoms with Crippen molar-refractivity contribution in [1.29, 1.82) is 0 Å². The van der Waals surface area contributed by atoms with Crippen LogP contribution in [-0.2, 0) is 13.9 Å². The van der Waals surface area contributed by atoms with E-state index in [1.165, 1.54) is 31.3 Å². The van der Waals surface area contributed by atoms with Crippen LogP contribution >= 0.6 is 0 Å². The summed E-state index contributed by atoms with van der Waals surface area (Å²) in [5.74, 6) is 2.45. The molecule has 1 aliphatic heterocycles. The highest BCUT2D eigenvalue weighted by Gasteiger charge is 2.41. The van der Waals surface area contributed by atoms with Crippen molar-refractivity contribution in [3.8, 4) is 0 Å². The molecule has 3 nitrogen and oxygen atoms in total. The first kappa shape index (κ1) is 28.2. The Morgan fingerprint density at radius 1 is 1.18 bits per heavy atom. The lowest BCUT2D eigenvalue weighted by Gasteiger charge is -2.43. The van der Waals surface area contributed by atoms with E-state index in [-0.39, 0.29) is 5.04 Å². The summed E-state index contributed by atoms with van der Waals surface area (Å²) in [5, 5.41) is 0.262. The van der Waals surface area contributed by atoms with Gasteiger partial charge in [0.15, 0.2) is 8.32 Å². The number of hydrogen-bond acceptors (Lipinski definition) is 3. The average Bonchev–Trinajstić information content (AvgIpc) is 2.76. The van der Waals surface area contributed by atoms with E-state index in [1.54, 1.807) is 0 Å². The molecule has 0 spiro atoms. The molecule has 0 aromatic heterocycles. The minimum Gasteiger partial charge on any atom is -0.414 e. The molecule has 34 heavy (non-hydrogen) atoms. The Morgan fingerprint density at radius 3 is 2.65 bits per heavy atom. The summed E-state index contributed by atoms with van der Waals surface area (Å²) in [6, 6.07) is 0. The Hall–Kier alpha value is -0.423. The second kappa shape index (κ2) is 12.2. The van der Waals surface area contributed by atoms with Crippen LogP contribution in [0.3, 0.4) is 0 Å². The van der Waals surface area contributed by atoms with Gasteiger partial charge in [0.25, 0.3) is 0 Å². The summed E-state index contributed by atoms with van der Waals surface area (Å²) >= 11 is 0. The molecule has 3 rings (SSSR count). The third-order valence-corrected chi connectivity index (χ3v) is 13.7. The largest absolute Gasteiger partial charge is 0.414 e. The lowest BCUT2D eigenvalue weighted by atomic mass is 9.66. The van der Waals surface area contributed by atoms with Gasteiger partial charge >= 0.3 is 0 Å². The van der Waals surface area contributed by atoms with E-state index in [4.69, 9.17) is 13.9 Å². The highest BCUT2D eigenvalue weighted by atomic mass is 28.4. The van der Waals surface area contributed by atoms with Crippen molar-refractivity contribution in [3.63, 3.8) is 0 Å². The highest BCUT2D eigenvalue weighted by Crippen LogP contribution is 2.44. The van der Waals surface area contributed by atoms with Gasteiger partial charge in [0.2, 0.25) is 0 Å². The number of ether oxygens (including phenoxy) is 2. The zero-order valence-electron chi connectivity index (χ0n) is 23.6. The van der Waals surface area contributed by atoms with Crippen LogP contribution in [-0.4, -0.2) is 39.8 Å². The number of hydrogen-bond donors (Lipinski definition) is 0. The average molecular weight is 491 g/mol. The number of rotatable bonds is 10. The molecule has 4 heteroatoms. The van der Waals surface area contributed by atoms with Crippen molar-refractivity contribution in [1.82, 2.24) is 0 Å². The van der Waals surface area contributed by atoms with Crippen LogP contribution in [0, 0.1) is 23.7 Å². The Kier molecular flexibility index (Phi) is 10.1. The topological polar surface area (TPSA) is 27.7 Å². The third kappa shape index (κ3) is 7.30. The van der Waals surface area contributed by atoms with Crippen molar-refractivity contribution >= 4 is 8.32 Å². The fourth-order valence-electron chi connectivity index (χ4n) is 6.00. The van der Waals surface area contributed by atoms with Gasteiger partial charge in [-0.2, -0.15) is 0 Å². The lowest BCUT2D eigenvalue weighted by Crippen LogP contribution is -2.46. The van der Waals surface area contributed by atoms with Crippen molar-refractivity contribution in [2.75, 3.05) is 13.2 Å². The van der Waals surface area contributed by atoms with Gasteiger partial charge in [0.05, 0.1) is 12.2 Å². The van der Waals surface area contributed by atoms with Gasteiger partial charge in [-0.15, -0.1) is 0 Å². The summed E-state index contributed by atoms with van der Waals surface area (Å²) in [6.07, 6.45) is 17.7. The van der Waals surface area contributed by atoms with Crippen molar-refractivity contribution in [2.24, 2.45) is 23.7 Å². The maximum Gasteiger partial charge on any atom is 0.192 e. The van der Waals surface area contributed by atoms with Gasteiger partial charge in [-0.1, -0.05) is 66.2 Å². The maximum absolute atomic E-state index is 6.78. The molecule has 0 amide bonds. The molecule has 0 saturated carbocycles. The predicted molar refractivity (Wildman–Crippen MR) is 147 cm³/mol. The zero-order valence-corrected chi connectivity index (χ0v) is 24.6. The quantitative estimate of drug-likeness (QED) is 0.288. The molecule has 0 radical (unpaired) electrons. The Bertz CT molecular complexity index is 692. The molecular formula is C30H54O3Si. The monoisotopic (exact) mass is 490 g/mol. The van der Waals surface area contributed by atoms with Gasteiger partial charge in [0, 0.05) is 25.2 Å². The van der Waals surface area contributed by atoms with Gasteiger partial charge in [-0.25, -0.2) is 0 Å². The van der Waals surface area contributed by atoms with E-state index in [0.29, 0.717) is 42.0 Å². The lowest BCUT2D eigenvalue weighted by molar-refractivity contribution is -0.0523. The predicted octanol–water partition coefficient (Wildman–Crippen LogP) is 8.32. The second-order valence-corrected chi connectivity index (χ2v) is 17.8. The molecule has 2 aliphatic carbocycles. The number of allylic oxidation sites excluding steroid dienone is 3. The molecule has 0 bridgehead atoms. The summed E-state index contributed by atoms with van der Waals surface area (Å²) in [7, 11) is -1.73. The van der Waals surface area contributed by atoms with E-state index in [1.807, 2.05) is 0 Å². The van der Waals surface area contributed by atoms with E-state index >= 15 is 0 Å². The van der Waals surface area contributed by atoms with Crippen molar-refractivity contribution in [3.05, 3.63) is 23.8 Å². The molecule has 196 valence electrons. The fourth-order valence-corrected chi connectivity index (χ4v) is 7.40. The van der Waals surface area contributed by atoms with E-state index in [2.05, 4.69) is 72.9 Å². The maximum atomic E-state index is 6.78. The third-order valence-electron chi connectivity index (χ3n) is 9.13. The van der Waals surface area contributed by atoms with E-state index < -0.39 is 8.32 Å². The minimum absolute atomic E-state index is 0.262. The zero-order chi connectivity index (χ0) is 24.9. The molecule has 3 aliphatic rings. The Balaban J connectivity index is 1.60. The molecule has 1 saturated heterocycles. The smallest absolute Gasteiger partial charge is 0.192 e. The van der Waals surface area contributed by atoms with Crippen LogP contribution < -0.4 is 0 Å². The SMILES string of the molecule is CCC[C@H](C)CO[C@H]1CCC=C2C=C[C@@H](C)[C@H](CC[C@@H]3C[C@H](O[Si](C)(C)C(C)(C)C)CCO3)[C@H]21. The molecule has 0 unspecified atom stereocenters. The van der Waals surface area contributed by atoms with Gasteiger partial charge in [-0.3, -0.25) is 0 Å². The first-order valence-electron chi connectivity index (χ1n) is 14.3. The molecular weight excluding hydrogens is 436 g/mol. The molecule has 0 aromatic carbocycles. The fraction of sp³-hybridized carbons (Fsp3) is 0.867. The van der Waals surface area contributed by atoms with Crippen molar-refractivity contribution < 1.29 is 13.9 Å². The first-order valence-corrected chi connectivity index (χ1v) is 17.2. The van der Waals surface area contributed by atoms with Crippen LogP contribution in [0.2, 0.25) is 18.1 Å². The molecule has 1 heterocycles.